The molecule has 0 fully saturated rings. The number of halogens is 2. The first kappa shape index (κ1) is 8.46. The van der Waals surface area contributed by atoms with E-state index in [0.717, 1.165) is 0 Å². The molecule has 4 nitrogen and oxygen atoms in total. The van der Waals surface area contributed by atoms with Crippen LogP contribution in [0.3, 0.4) is 0 Å². The van der Waals surface area contributed by atoms with Crippen LogP contribution in [0.2, 0.25) is 0 Å². The summed E-state index contributed by atoms with van der Waals surface area (Å²) in [6.45, 7) is 0. The van der Waals surface area contributed by atoms with Crippen LogP contribution in [0.4, 0.5) is 4.39 Å². The minimum atomic E-state index is -0.328. The highest BCUT2D eigenvalue weighted by atomic mass is 79.9. The summed E-state index contributed by atoms with van der Waals surface area (Å²) in [6, 6.07) is 4.78. The third kappa shape index (κ3) is 1.63. The summed E-state index contributed by atoms with van der Waals surface area (Å²) in [5, 5.41) is 3.79. The fraction of sp³-hybridized carbons (Fsp3) is 0. The van der Waals surface area contributed by atoms with E-state index in [0.29, 0.717) is 15.9 Å². The van der Waals surface area contributed by atoms with Crippen molar-refractivity contribution in [2.75, 3.05) is 0 Å². The Labute approximate surface area is 82.3 Å². The number of amidine groups is 1. The first-order chi connectivity index (χ1) is 6.27. The topological polar surface area (TPSA) is 48.5 Å². The highest BCUT2D eigenvalue weighted by Gasteiger charge is 2.12. The van der Waals surface area contributed by atoms with E-state index in [-0.39, 0.29) is 5.82 Å². The molecule has 0 unspecified atom stereocenters. The third-order valence-electron chi connectivity index (χ3n) is 1.59. The molecule has 1 aromatic rings. The molecule has 0 atom stereocenters. The van der Waals surface area contributed by atoms with E-state index in [1.54, 1.807) is 12.1 Å². The standard InChI is InChI=1S/C7H6BrFN4/c8-4-1-2-5(6(9)3-4)7-10-12-13-11-7/h1-3,12-13H,(H,10,11). The average Bonchev–Trinajstić information content (AvgIpc) is 2.56. The second-order valence-electron chi connectivity index (χ2n) is 2.45. The number of hydrazine groups is 2. The molecule has 1 heterocycles. The van der Waals surface area contributed by atoms with Crippen LogP contribution >= 0.6 is 15.9 Å². The van der Waals surface area contributed by atoms with Gasteiger partial charge in [-0.15, -0.1) is 10.6 Å². The normalized spacial score (nSPS) is 14.8. The molecule has 0 spiro atoms. The molecule has 0 radical (unpaired) electrons. The van der Waals surface area contributed by atoms with Gasteiger partial charge in [-0.3, -0.25) is 5.43 Å². The molecule has 2 rings (SSSR count). The van der Waals surface area contributed by atoms with Crippen molar-refractivity contribution in [2.45, 2.75) is 0 Å². The van der Waals surface area contributed by atoms with Crippen molar-refractivity contribution in [2.24, 2.45) is 5.10 Å². The number of nitrogens with one attached hydrogen (secondary N) is 3. The Morgan fingerprint density at radius 1 is 1.38 bits per heavy atom. The zero-order valence-electron chi connectivity index (χ0n) is 6.44. The Balaban J connectivity index is 2.40. The summed E-state index contributed by atoms with van der Waals surface area (Å²) in [5.74, 6) is 0.108. The van der Waals surface area contributed by atoms with Gasteiger partial charge in [0.1, 0.15) is 5.82 Å². The Bertz CT molecular complexity index is 366. The molecule has 0 bridgehead atoms. The fourth-order valence-corrected chi connectivity index (χ4v) is 1.34. The van der Waals surface area contributed by atoms with Crippen molar-refractivity contribution in [3.63, 3.8) is 0 Å². The van der Waals surface area contributed by atoms with Gasteiger partial charge in [0.25, 0.3) is 0 Å². The summed E-state index contributed by atoms with van der Waals surface area (Å²) >= 11 is 3.17. The van der Waals surface area contributed by atoms with E-state index in [4.69, 9.17) is 0 Å². The third-order valence-corrected chi connectivity index (χ3v) is 2.08. The van der Waals surface area contributed by atoms with Crippen molar-refractivity contribution in [1.29, 1.82) is 0 Å². The molecule has 1 aliphatic heterocycles. The minimum absolute atomic E-state index is 0.328. The zero-order valence-corrected chi connectivity index (χ0v) is 8.02. The maximum Gasteiger partial charge on any atom is 0.173 e. The lowest BCUT2D eigenvalue weighted by atomic mass is 10.2. The van der Waals surface area contributed by atoms with Crippen molar-refractivity contribution >= 4 is 21.8 Å². The van der Waals surface area contributed by atoms with Crippen molar-refractivity contribution < 1.29 is 4.39 Å². The molecule has 1 aliphatic rings. The van der Waals surface area contributed by atoms with Gasteiger partial charge in [0.05, 0.1) is 5.56 Å². The van der Waals surface area contributed by atoms with Crippen LogP contribution in [0, 0.1) is 5.82 Å². The highest BCUT2D eigenvalue weighted by Crippen LogP contribution is 2.15. The molecule has 0 saturated carbocycles. The fourth-order valence-electron chi connectivity index (χ4n) is 1.01. The van der Waals surface area contributed by atoms with Gasteiger partial charge in [-0.05, 0) is 18.2 Å². The maximum atomic E-state index is 13.3. The molecule has 0 amide bonds. The van der Waals surface area contributed by atoms with Gasteiger partial charge in [-0.2, -0.15) is 0 Å². The molecular formula is C7H6BrFN4. The lowest BCUT2D eigenvalue weighted by Crippen LogP contribution is -2.35. The van der Waals surface area contributed by atoms with E-state index in [1.165, 1.54) is 6.07 Å². The second-order valence-corrected chi connectivity index (χ2v) is 3.36. The second kappa shape index (κ2) is 3.31. The number of hydrogen-bond acceptors (Lipinski definition) is 4. The van der Waals surface area contributed by atoms with E-state index in [1.807, 2.05) is 0 Å². The van der Waals surface area contributed by atoms with Gasteiger partial charge in [0.15, 0.2) is 5.84 Å². The minimum Gasteiger partial charge on any atom is -0.285 e. The van der Waals surface area contributed by atoms with Gasteiger partial charge >= 0.3 is 0 Å². The van der Waals surface area contributed by atoms with Crippen LogP contribution in [0.15, 0.2) is 27.8 Å². The first-order valence-corrected chi connectivity index (χ1v) is 4.36. The van der Waals surface area contributed by atoms with Crippen molar-refractivity contribution in [3.05, 3.63) is 34.1 Å². The molecule has 0 aliphatic carbocycles. The van der Waals surface area contributed by atoms with Crippen LogP contribution in [0.5, 0.6) is 0 Å². The monoisotopic (exact) mass is 244 g/mol. The van der Waals surface area contributed by atoms with Gasteiger partial charge in [0.2, 0.25) is 0 Å². The molecular weight excluding hydrogens is 239 g/mol. The van der Waals surface area contributed by atoms with Crippen molar-refractivity contribution in [1.82, 2.24) is 16.5 Å². The number of rotatable bonds is 1. The van der Waals surface area contributed by atoms with Crippen LogP contribution in [0.1, 0.15) is 5.56 Å². The van der Waals surface area contributed by atoms with Gasteiger partial charge in [0, 0.05) is 4.47 Å². The molecule has 0 saturated heterocycles. The molecule has 1 aromatic carbocycles. The molecule has 68 valence electrons. The summed E-state index contributed by atoms with van der Waals surface area (Å²) in [4.78, 5) is 0. The smallest absolute Gasteiger partial charge is 0.173 e. The maximum absolute atomic E-state index is 13.3. The van der Waals surface area contributed by atoms with Crippen LogP contribution < -0.4 is 16.5 Å². The Hall–Kier alpha value is -1.14. The van der Waals surface area contributed by atoms with Crippen molar-refractivity contribution in [3.8, 4) is 0 Å². The SMILES string of the molecule is Fc1cc(Br)ccc1C1=NNNN1. The summed E-state index contributed by atoms with van der Waals surface area (Å²) in [7, 11) is 0. The lowest BCUT2D eigenvalue weighted by molar-refractivity contribution is 0.576. The predicted octanol–water partition coefficient (Wildman–Crippen LogP) is 0.862. The van der Waals surface area contributed by atoms with Gasteiger partial charge in [-0.1, -0.05) is 15.9 Å². The molecule has 6 heteroatoms. The summed E-state index contributed by atoms with van der Waals surface area (Å²) in [5.41, 5.74) is 8.08. The Morgan fingerprint density at radius 2 is 2.23 bits per heavy atom. The summed E-state index contributed by atoms with van der Waals surface area (Å²) in [6.07, 6.45) is 0. The zero-order chi connectivity index (χ0) is 9.26. The molecule has 3 N–H and O–H groups in total. The Morgan fingerprint density at radius 3 is 2.85 bits per heavy atom. The quantitative estimate of drug-likeness (QED) is 0.687. The van der Waals surface area contributed by atoms with E-state index in [9.17, 15) is 4.39 Å². The van der Waals surface area contributed by atoms with Crippen LogP contribution in [-0.4, -0.2) is 5.84 Å². The number of hydrazone groups is 1. The van der Waals surface area contributed by atoms with Gasteiger partial charge in [-0.25, -0.2) is 9.93 Å². The predicted molar refractivity (Wildman–Crippen MR) is 50.0 cm³/mol. The molecule has 13 heavy (non-hydrogen) atoms. The number of hydrogen-bond donors (Lipinski definition) is 3. The van der Waals surface area contributed by atoms with E-state index in [2.05, 4.69) is 37.5 Å². The highest BCUT2D eigenvalue weighted by molar-refractivity contribution is 9.10. The van der Waals surface area contributed by atoms with Gasteiger partial charge < -0.3 is 0 Å². The van der Waals surface area contributed by atoms with Crippen LogP contribution in [0.25, 0.3) is 0 Å². The number of benzene rings is 1. The lowest BCUT2D eigenvalue weighted by Gasteiger charge is -2.01. The van der Waals surface area contributed by atoms with E-state index >= 15 is 0 Å². The molecule has 0 aromatic heterocycles. The Kier molecular flexibility index (Phi) is 2.15. The largest absolute Gasteiger partial charge is 0.285 e. The number of nitrogens with zero attached hydrogens (tertiary/aromatic N) is 1. The van der Waals surface area contributed by atoms with Crippen LogP contribution in [-0.2, 0) is 0 Å². The average molecular weight is 245 g/mol. The summed E-state index contributed by atoms with van der Waals surface area (Å²) < 4.78 is 14.0. The first-order valence-electron chi connectivity index (χ1n) is 3.56. The van der Waals surface area contributed by atoms with E-state index < -0.39 is 0 Å².